The summed E-state index contributed by atoms with van der Waals surface area (Å²) in [5, 5.41) is 0. The van der Waals surface area contributed by atoms with Crippen molar-refractivity contribution in [2.24, 2.45) is 5.41 Å². The van der Waals surface area contributed by atoms with E-state index in [0.717, 1.165) is 51.4 Å². The van der Waals surface area contributed by atoms with Crippen LogP contribution < -0.4 is 0 Å². The van der Waals surface area contributed by atoms with Crippen LogP contribution in [0.4, 0.5) is 8.78 Å². The lowest BCUT2D eigenvalue weighted by atomic mass is 9.79. The summed E-state index contributed by atoms with van der Waals surface area (Å²) in [6.45, 7) is 5.38. The van der Waals surface area contributed by atoms with Gasteiger partial charge in [-0.1, -0.05) is 12.1 Å². The summed E-state index contributed by atoms with van der Waals surface area (Å²) in [7, 11) is 0. The van der Waals surface area contributed by atoms with Crippen LogP contribution in [0.5, 0.6) is 0 Å². The van der Waals surface area contributed by atoms with E-state index in [0.29, 0.717) is 12.1 Å². The van der Waals surface area contributed by atoms with Gasteiger partial charge in [0.25, 0.3) is 0 Å². The predicted octanol–water partition coefficient (Wildman–Crippen LogP) is 3.18. The molecular formula is C19H24F2N4. The van der Waals surface area contributed by atoms with Crippen LogP contribution in [0.3, 0.4) is 0 Å². The summed E-state index contributed by atoms with van der Waals surface area (Å²) in [6.07, 6.45) is 7.14. The van der Waals surface area contributed by atoms with Crippen LogP contribution in [0.1, 0.15) is 30.7 Å². The minimum absolute atomic E-state index is 0.272. The van der Waals surface area contributed by atoms with Crippen LogP contribution in [0.2, 0.25) is 0 Å². The first kappa shape index (κ1) is 16.7. The first-order valence-electron chi connectivity index (χ1n) is 8.99. The molecule has 134 valence electrons. The molecule has 0 saturated carbocycles. The van der Waals surface area contributed by atoms with Gasteiger partial charge in [-0.2, -0.15) is 0 Å². The average molecular weight is 346 g/mol. The molecule has 1 aromatic carbocycles. The van der Waals surface area contributed by atoms with Gasteiger partial charge in [-0.15, -0.1) is 0 Å². The molecule has 0 radical (unpaired) electrons. The summed E-state index contributed by atoms with van der Waals surface area (Å²) in [4.78, 5) is 12.2. The third kappa shape index (κ3) is 3.60. The third-order valence-electron chi connectivity index (χ3n) is 5.61. The van der Waals surface area contributed by atoms with Crippen LogP contribution in [-0.4, -0.2) is 45.9 Å². The van der Waals surface area contributed by atoms with E-state index in [1.54, 1.807) is 18.3 Å². The summed E-state index contributed by atoms with van der Waals surface area (Å²) in [5.41, 5.74) is 0.733. The van der Waals surface area contributed by atoms with Crippen molar-refractivity contribution in [3.8, 4) is 0 Å². The number of halogens is 2. The highest BCUT2D eigenvalue weighted by Gasteiger charge is 2.41. The Morgan fingerprint density at radius 1 is 1.08 bits per heavy atom. The Morgan fingerprint density at radius 3 is 2.72 bits per heavy atom. The fourth-order valence-electron chi connectivity index (χ4n) is 4.45. The lowest BCUT2D eigenvalue weighted by molar-refractivity contribution is 0.0854. The Kier molecular flexibility index (Phi) is 4.56. The van der Waals surface area contributed by atoms with E-state index < -0.39 is 11.6 Å². The Balaban J connectivity index is 1.40. The number of hydrogen-bond donors (Lipinski definition) is 1. The van der Waals surface area contributed by atoms with Crippen LogP contribution in [-0.2, 0) is 13.1 Å². The molecule has 2 saturated heterocycles. The maximum absolute atomic E-state index is 14.0. The molecule has 2 aliphatic rings. The van der Waals surface area contributed by atoms with E-state index in [-0.39, 0.29) is 5.41 Å². The van der Waals surface area contributed by atoms with Crippen molar-refractivity contribution in [3.63, 3.8) is 0 Å². The molecule has 2 aromatic rings. The summed E-state index contributed by atoms with van der Waals surface area (Å²) >= 11 is 0. The Labute approximate surface area is 146 Å². The van der Waals surface area contributed by atoms with Crippen molar-refractivity contribution in [2.75, 3.05) is 26.2 Å². The first-order valence-corrected chi connectivity index (χ1v) is 8.99. The van der Waals surface area contributed by atoms with Gasteiger partial charge in [-0.05, 0) is 43.8 Å². The molecule has 0 amide bonds. The number of aromatic amines is 1. The second kappa shape index (κ2) is 6.84. The van der Waals surface area contributed by atoms with Crippen molar-refractivity contribution >= 4 is 0 Å². The fourth-order valence-corrected chi connectivity index (χ4v) is 4.45. The van der Waals surface area contributed by atoms with E-state index in [1.807, 2.05) is 6.20 Å². The van der Waals surface area contributed by atoms with Gasteiger partial charge in [0.15, 0.2) is 11.6 Å². The molecule has 1 aromatic heterocycles. The molecule has 1 unspecified atom stereocenters. The number of H-pyrrole nitrogens is 1. The maximum atomic E-state index is 14.0. The van der Waals surface area contributed by atoms with Crippen molar-refractivity contribution in [3.05, 3.63) is 53.6 Å². The molecule has 2 fully saturated rings. The molecule has 6 heteroatoms. The van der Waals surface area contributed by atoms with Crippen LogP contribution in [0.25, 0.3) is 0 Å². The van der Waals surface area contributed by atoms with Gasteiger partial charge < -0.3 is 4.98 Å². The summed E-state index contributed by atoms with van der Waals surface area (Å²) in [5.74, 6) is -0.450. The zero-order valence-electron chi connectivity index (χ0n) is 14.3. The Morgan fingerprint density at radius 2 is 1.92 bits per heavy atom. The molecule has 2 aliphatic heterocycles. The molecule has 1 spiro atoms. The normalized spacial score (nSPS) is 25.0. The number of hydrogen-bond acceptors (Lipinski definition) is 3. The molecule has 25 heavy (non-hydrogen) atoms. The lowest BCUT2D eigenvalue weighted by Gasteiger charge is -2.40. The smallest absolute Gasteiger partial charge is 0.163 e. The molecule has 0 aliphatic carbocycles. The number of likely N-dealkylation sites (tertiary alicyclic amines) is 2. The summed E-state index contributed by atoms with van der Waals surface area (Å²) in [6, 6.07) is 4.46. The van der Waals surface area contributed by atoms with Gasteiger partial charge in [0.2, 0.25) is 0 Å². The van der Waals surface area contributed by atoms with Gasteiger partial charge in [0.1, 0.15) is 5.82 Å². The second-order valence-corrected chi connectivity index (χ2v) is 7.52. The lowest BCUT2D eigenvalue weighted by Crippen LogP contribution is -2.44. The highest BCUT2D eigenvalue weighted by Crippen LogP contribution is 2.39. The summed E-state index contributed by atoms with van der Waals surface area (Å²) < 4.78 is 27.4. The number of nitrogens with one attached hydrogen (secondary N) is 1. The number of imidazole rings is 1. The zero-order chi connectivity index (χ0) is 17.3. The van der Waals surface area contributed by atoms with Crippen LogP contribution in [0, 0.1) is 17.0 Å². The zero-order valence-corrected chi connectivity index (χ0v) is 14.3. The highest BCUT2D eigenvalue weighted by molar-refractivity contribution is 5.19. The predicted molar refractivity (Wildman–Crippen MR) is 91.8 cm³/mol. The number of piperidine rings is 1. The van der Waals surface area contributed by atoms with Gasteiger partial charge in [-0.3, -0.25) is 9.80 Å². The van der Waals surface area contributed by atoms with E-state index in [9.17, 15) is 8.78 Å². The van der Waals surface area contributed by atoms with Gasteiger partial charge in [-0.25, -0.2) is 13.8 Å². The first-order chi connectivity index (χ1) is 12.1. The monoisotopic (exact) mass is 346 g/mol. The molecule has 3 heterocycles. The molecule has 1 atom stereocenters. The maximum Gasteiger partial charge on any atom is 0.163 e. The molecule has 4 nitrogen and oxygen atoms in total. The van der Waals surface area contributed by atoms with Crippen LogP contribution >= 0.6 is 0 Å². The van der Waals surface area contributed by atoms with Crippen molar-refractivity contribution in [1.82, 2.24) is 19.8 Å². The second-order valence-electron chi connectivity index (χ2n) is 7.52. The molecular weight excluding hydrogens is 322 g/mol. The van der Waals surface area contributed by atoms with E-state index in [2.05, 4.69) is 19.8 Å². The van der Waals surface area contributed by atoms with Crippen molar-refractivity contribution < 1.29 is 8.78 Å². The highest BCUT2D eigenvalue weighted by atomic mass is 19.2. The Hall–Kier alpha value is -1.79. The standard InChI is InChI=1S/C19H24F2N4/c20-16-4-1-3-15(18(16)21)11-24-9-2-5-19(13-24)6-10-25(14-19)12-17-22-7-8-23-17/h1,3-4,7-8H,2,5-6,9-14H2,(H,22,23). The topological polar surface area (TPSA) is 35.2 Å². The van der Waals surface area contributed by atoms with Crippen molar-refractivity contribution in [1.29, 1.82) is 0 Å². The number of benzene rings is 1. The number of aromatic nitrogens is 2. The SMILES string of the molecule is Fc1cccc(CN2CCCC3(CCN(Cc4ncc[nH]4)C3)C2)c1F. The minimum atomic E-state index is -0.755. The van der Waals surface area contributed by atoms with E-state index >= 15 is 0 Å². The van der Waals surface area contributed by atoms with Gasteiger partial charge in [0.05, 0.1) is 6.54 Å². The fraction of sp³-hybridized carbons (Fsp3) is 0.526. The number of nitrogens with zero attached hydrogens (tertiary/aromatic N) is 3. The van der Waals surface area contributed by atoms with Crippen molar-refractivity contribution in [2.45, 2.75) is 32.4 Å². The largest absolute Gasteiger partial charge is 0.348 e. The average Bonchev–Trinajstić information content (AvgIpc) is 3.23. The molecule has 1 N–H and O–H groups in total. The Bertz CT molecular complexity index is 718. The van der Waals surface area contributed by atoms with Crippen LogP contribution in [0.15, 0.2) is 30.6 Å². The van der Waals surface area contributed by atoms with Gasteiger partial charge >= 0.3 is 0 Å². The van der Waals surface area contributed by atoms with E-state index in [4.69, 9.17) is 0 Å². The quantitative estimate of drug-likeness (QED) is 0.924. The van der Waals surface area contributed by atoms with Gasteiger partial charge in [0, 0.05) is 37.6 Å². The third-order valence-corrected chi connectivity index (χ3v) is 5.61. The minimum Gasteiger partial charge on any atom is -0.348 e. The van der Waals surface area contributed by atoms with E-state index in [1.165, 1.54) is 12.5 Å². The number of rotatable bonds is 4. The molecule has 4 rings (SSSR count). The molecule has 0 bridgehead atoms.